The molecule has 2 aromatic heterocycles. The zero-order chi connectivity index (χ0) is 14.7. The Balaban J connectivity index is 1.69. The van der Waals surface area contributed by atoms with Gasteiger partial charge in [0.05, 0.1) is 31.1 Å². The predicted molar refractivity (Wildman–Crippen MR) is 81.2 cm³/mol. The lowest BCUT2D eigenvalue weighted by Crippen LogP contribution is -2.43. The number of aryl methyl sites for hydroxylation is 2. The molecular weight excluding hydrogens is 286 g/mol. The van der Waals surface area contributed by atoms with Crippen LogP contribution >= 0.6 is 11.3 Å². The molecule has 0 aliphatic carbocycles. The Morgan fingerprint density at radius 3 is 3.24 bits per heavy atom. The molecule has 0 spiro atoms. The van der Waals surface area contributed by atoms with E-state index < -0.39 is 0 Å². The van der Waals surface area contributed by atoms with E-state index in [1.165, 1.54) is 4.88 Å². The monoisotopic (exact) mass is 305 g/mol. The second-order valence-electron chi connectivity index (χ2n) is 5.22. The van der Waals surface area contributed by atoms with Crippen molar-refractivity contribution in [2.75, 3.05) is 19.8 Å². The third kappa shape index (κ3) is 3.16. The Labute approximate surface area is 127 Å². The summed E-state index contributed by atoms with van der Waals surface area (Å²) in [6, 6.07) is 4.06. The number of carbonyl (C=O) groups excluding carboxylic acids is 1. The van der Waals surface area contributed by atoms with Crippen LogP contribution in [0.4, 0.5) is 0 Å². The lowest BCUT2D eigenvalue weighted by atomic mass is 10.1. The average Bonchev–Trinajstić information content (AvgIpc) is 3.16. The van der Waals surface area contributed by atoms with Gasteiger partial charge in [0, 0.05) is 17.8 Å². The smallest absolute Gasteiger partial charge is 0.223 e. The van der Waals surface area contributed by atoms with Gasteiger partial charge in [-0.25, -0.2) is 0 Å². The van der Waals surface area contributed by atoms with Gasteiger partial charge in [-0.2, -0.15) is 5.10 Å². The number of H-pyrrole nitrogens is 1. The number of aromatic nitrogens is 2. The van der Waals surface area contributed by atoms with E-state index in [0.29, 0.717) is 26.2 Å². The summed E-state index contributed by atoms with van der Waals surface area (Å²) in [6.07, 6.45) is 3.14. The fourth-order valence-electron chi connectivity index (χ4n) is 2.66. The van der Waals surface area contributed by atoms with Gasteiger partial charge in [0.1, 0.15) is 0 Å². The molecule has 1 aliphatic rings. The summed E-state index contributed by atoms with van der Waals surface area (Å²) in [7, 11) is 0. The van der Waals surface area contributed by atoms with E-state index in [-0.39, 0.29) is 11.9 Å². The minimum Gasteiger partial charge on any atom is -0.377 e. The number of aromatic amines is 1. The van der Waals surface area contributed by atoms with Crippen molar-refractivity contribution in [3.05, 3.63) is 39.8 Å². The van der Waals surface area contributed by atoms with E-state index >= 15 is 0 Å². The van der Waals surface area contributed by atoms with Crippen LogP contribution in [-0.4, -0.2) is 40.8 Å². The maximum Gasteiger partial charge on any atom is 0.223 e. The van der Waals surface area contributed by atoms with Crippen LogP contribution in [0.25, 0.3) is 0 Å². The number of nitrogens with zero attached hydrogens (tertiary/aromatic N) is 2. The van der Waals surface area contributed by atoms with Crippen LogP contribution < -0.4 is 0 Å². The second kappa shape index (κ2) is 6.41. The van der Waals surface area contributed by atoms with Gasteiger partial charge < -0.3 is 9.64 Å². The third-order valence-corrected chi connectivity index (χ3v) is 4.75. The van der Waals surface area contributed by atoms with Crippen LogP contribution in [0.3, 0.4) is 0 Å². The fraction of sp³-hybridized carbons (Fsp3) is 0.467. The second-order valence-corrected chi connectivity index (χ2v) is 6.26. The first-order valence-corrected chi connectivity index (χ1v) is 8.03. The molecule has 21 heavy (non-hydrogen) atoms. The Morgan fingerprint density at radius 1 is 1.62 bits per heavy atom. The van der Waals surface area contributed by atoms with E-state index in [0.717, 1.165) is 17.7 Å². The summed E-state index contributed by atoms with van der Waals surface area (Å²) in [5.74, 6) is 0.186. The predicted octanol–water partition coefficient (Wildman–Crippen LogP) is 2.31. The maximum atomic E-state index is 12.6. The number of morpholine rings is 1. The van der Waals surface area contributed by atoms with Gasteiger partial charge >= 0.3 is 0 Å². The molecule has 3 heterocycles. The summed E-state index contributed by atoms with van der Waals surface area (Å²) >= 11 is 1.70. The number of nitrogens with one attached hydrogen (secondary N) is 1. The van der Waals surface area contributed by atoms with Crippen molar-refractivity contribution in [1.82, 2.24) is 15.1 Å². The van der Waals surface area contributed by atoms with E-state index in [9.17, 15) is 4.79 Å². The molecule has 1 fully saturated rings. The van der Waals surface area contributed by atoms with Crippen molar-refractivity contribution in [2.45, 2.75) is 25.8 Å². The Kier molecular flexibility index (Phi) is 4.36. The summed E-state index contributed by atoms with van der Waals surface area (Å²) < 4.78 is 5.55. The Bertz CT molecular complexity index is 594. The molecule has 1 atom stereocenters. The number of ether oxygens (including phenoxy) is 1. The number of hydrogen-bond donors (Lipinski definition) is 1. The van der Waals surface area contributed by atoms with Crippen molar-refractivity contribution in [3.8, 4) is 0 Å². The van der Waals surface area contributed by atoms with Gasteiger partial charge in [-0.3, -0.25) is 9.89 Å². The van der Waals surface area contributed by atoms with Crippen LogP contribution in [0.1, 0.15) is 28.6 Å². The van der Waals surface area contributed by atoms with Crippen molar-refractivity contribution < 1.29 is 9.53 Å². The number of thiophene rings is 1. The first-order valence-electron chi connectivity index (χ1n) is 7.15. The SMILES string of the molecule is Cc1cn[nH]c1C1COCCN1C(=O)CCc1cccs1. The minimum atomic E-state index is -0.0444. The molecular formula is C15H19N3O2S. The van der Waals surface area contributed by atoms with Crippen LogP contribution in [0.15, 0.2) is 23.7 Å². The molecule has 2 aromatic rings. The molecule has 0 radical (unpaired) electrons. The Morgan fingerprint density at radius 2 is 2.52 bits per heavy atom. The van der Waals surface area contributed by atoms with E-state index in [2.05, 4.69) is 16.3 Å². The van der Waals surface area contributed by atoms with Crippen molar-refractivity contribution in [1.29, 1.82) is 0 Å². The highest BCUT2D eigenvalue weighted by molar-refractivity contribution is 7.09. The quantitative estimate of drug-likeness (QED) is 0.943. The van der Waals surface area contributed by atoms with Crippen molar-refractivity contribution >= 4 is 17.2 Å². The highest BCUT2D eigenvalue weighted by atomic mass is 32.1. The number of carbonyl (C=O) groups is 1. The molecule has 0 saturated carbocycles. The minimum absolute atomic E-state index is 0.0444. The number of rotatable bonds is 4. The van der Waals surface area contributed by atoms with Crippen LogP contribution in [0.5, 0.6) is 0 Å². The summed E-state index contributed by atoms with van der Waals surface area (Å²) in [5, 5.41) is 9.12. The third-order valence-electron chi connectivity index (χ3n) is 3.82. The molecule has 1 amide bonds. The first kappa shape index (κ1) is 14.3. The zero-order valence-corrected chi connectivity index (χ0v) is 12.9. The van der Waals surface area contributed by atoms with Gasteiger partial charge in [0.2, 0.25) is 5.91 Å². The van der Waals surface area contributed by atoms with Crippen molar-refractivity contribution in [3.63, 3.8) is 0 Å². The van der Waals surface area contributed by atoms with Crippen LogP contribution in [-0.2, 0) is 16.0 Å². The maximum absolute atomic E-state index is 12.6. The lowest BCUT2D eigenvalue weighted by Gasteiger charge is -2.35. The highest BCUT2D eigenvalue weighted by Crippen LogP contribution is 2.26. The molecule has 1 saturated heterocycles. The van der Waals surface area contributed by atoms with Gasteiger partial charge in [0.25, 0.3) is 0 Å². The first-order chi connectivity index (χ1) is 10.3. The molecule has 6 heteroatoms. The lowest BCUT2D eigenvalue weighted by molar-refractivity contribution is -0.140. The summed E-state index contributed by atoms with van der Waals surface area (Å²) in [4.78, 5) is 15.7. The van der Waals surface area contributed by atoms with Gasteiger partial charge in [0.15, 0.2) is 0 Å². The number of amides is 1. The fourth-order valence-corrected chi connectivity index (χ4v) is 3.37. The van der Waals surface area contributed by atoms with Crippen LogP contribution in [0, 0.1) is 6.92 Å². The largest absolute Gasteiger partial charge is 0.377 e. The molecule has 5 nitrogen and oxygen atoms in total. The molecule has 1 unspecified atom stereocenters. The van der Waals surface area contributed by atoms with Crippen molar-refractivity contribution in [2.24, 2.45) is 0 Å². The molecule has 1 N–H and O–H groups in total. The van der Waals surface area contributed by atoms with E-state index in [4.69, 9.17) is 4.74 Å². The molecule has 1 aliphatic heterocycles. The normalized spacial score (nSPS) is 18.9. The van der Waals surface area contributed by atoms with E-state index in [1.54, 1.807) is 17.5 Å². The molecule has 3 rings (SSSR count). The Hall–Kier alpha value is -1.66. The number of hydrogen-bond acceptors (Lipinski definition) is 4. The standard InChI is InChI=1S/C15H19N3O2S/c1-11-9-16-17-15(11)13-10-20-7-6-18(13)14(19)5-4-12-3-2-8-21-12/h2-3,8-9,13H,4-7,10H2,1H3,(H,16,17). The summed E-state index contributed by atoms with van der Waals surface area (Å²) in [6.45, 7) is 3.79. The molecule has 0 bridgehead atoms. The average molecular weight is 305 g/mol. The van der Waals surface area contributed by atoms with Gasteiger partial charge in [-0.05, 0) is 30.4 Å². The summed E-state index contributed by atoms with van der Waals surface area (Å²) in [5.41, 5.74) is 2.06. The van der Waals surface area contributed by atoms with Gasteiger partial charge in [-0.15, -0.1) is 11.3 Å². The highest BCUT2D eigenvalue weighted by Gasteiger charge is 2.30. The van der Waals surface area contributed by atoms with E-state index in [1.807, 2.05) is 23.3 Å². The molecule has 112 valence electrons. The topological polar surface area (TPSA) is 58.2 Å². The zero-order valence-electron chi connectivity index (χ0n) is 12.0. The molecule has 0 aromatic carbocycles. The van der Waals surface area contributed by atoms with Gasteiger partial charge in [-0.1, -0.05) is 6.07 Å². The van der Waals surface area contributed by atoms with Crippen LogP contribution in [0.2, 0.25) is 0 Å².